The molecule has 0 amide bonds. The number of benzene rings is 10. The Morgan fingerprint density at radius 3 is 1.39 bits per heavy atom. The van der Waals surface area contributed by atoms with Gasteiger partial charge in [0.1, 0.15) is 0 Å². The largest absolute Gasteiger partial charge is 0.278 e. The lowest BCUT2D eigenvalue weighted by atomic mass is 9.33. The van der Waals surface area contributed by atoms with Crippen molar-refractivity contribution in [2.24, 2.45) is 0 Å². The molecule has 0 atom stereocenters. The zero-order valence-electron chi connectivity index (χ0n) is 40.6. The number of aromatic nitrogens is 3. The molecule has 70 heavy (non-hydrogen) atoms. The molecule has 0 aliphatic carbocycles. The zero-order valence-corrected chi connectivity index (χ0v) is 40.6. The first kappa shape index (κ1) is 44.1. The summed E-state index contributed by atoms with van der Waals surface area (Å²) >= 11 is 0. The van der Waals surface area contributed by atoms with Crippen LogP contribution in [-0.2, 0) is 0 Å². The molecule has 336 valence electrons. The third kappa shape index (κ3) is 8.34. The number of anilines is 3. The van der Waals surface area contributed by atoms with Gasteiger partial charge >= 0.3 is 0 Å². The minimum Gasteiger partial charge on any atom is -0.278 e. The average Bonchev–Trinajstić information content (AvgIpc) is 3.38. The summed E-state index contributed by atoms with van der Waals surface area (Å²) in [4.78, 5) is 18.6. The smallest absolute Gasteiger partial charge is 0.243 e. The fourth-order valence-corrected chi connectivity index (χ4v) is 10.9. The van der Waals surface area contributed by atoms with Gasteiger partial charge in [0.15, 0.2) is 11.6 Å². The van der Waals surface area contributed by atoms with E-state index in [1.54, 1.807) is 0 Å². The van der Waals surface area contributed by atoms with Crippen LogP contribution >= 0.6 is 0 Å². The fraction of sp³-hybridized carbons (Fsp3) is 0.0923. The van der Waals surface area contributed by atoms with Crippen molar-refractivity contribution < 1.29 is 0 Å². The van der Waals surface area contributed by atoms with Crippen LogP contribution in [0.15, 0.2) is 212 Å². The van der Waals surface area contributed by atoms with Gasteiger partial charge in [0.05, 0.1) is 5.69 Å². The van der Waals surface area contributed by atoms with Crippen LogP contribution in [0.2, 0.25) is 0 Å². The van der Waals surface area contributed by atoms with E-state index in [0.717, 1.165) is 60.9 Å². The Morgan fingerprint density at radius 1 is 0.357 bits per heavy atom. The van der Waals surface area contributed by atoms with Crippen LogP contribution in [0.1, 0.15) is 33.4 Å². The monoisotopic (exact) mass is 900 g/mol. The van der Waals surface area contributed by atoms with Crippen LogP contribution < -0.4 is 21.3 Å². The van der Waals surface area contributed by atoms with Crippen LogP contribution in [0.3, 0.4) is 0 Å². The van der Waals surface area contributed by atoms with E-state index in [1.165, 1.54) is 55.2 Å². The maximum absolute atomic E-state index is 5.58. The molecule has 0 bridgehead atoms. The predicted molar refractivity (Wildman–Crippen MR) is 297 cm³/mol. The molecule has 11 rings (SSSR count). The molecular weight excluding hydrogens is 848 g/mol. The van der Waals surface area contributed by atoms with Crippen molar-refractivity contribution in [1.29, 1.82) is 0 Å². The van der Waals surface area contributed by atoms with Crippen molar-refractivity contribution in [2.75, 3.05) is 4.90 Å². The van der Waals surface area contributed by atoms with Gasteiger partial charge in [-0.2, -0.15) is 9.97 Å². The lowest BCUT2D eigenvalue weighted by Gasteiger charge is -2.29. The lowest BCUT2D eigenvalue weighted by Crippen LogP contribution is -2.56. The Hall–Kier alpha value is -8.41. The highest BCUT2D eigenvalue weighted by Gasteiger charge is 2.31. The first-order valence-electron chi connectivity index (χ1n) is 24.2. The predicted octanol–water partition coefficient (Wildman–Crippen LogP) is 14.7. The molecule has 0 fully saturated rings. The van der Waals surface area contributed by atoms with Crippen molar-refractivity contribution in [2.45, 2.75) is 41.5 Å². The third-order valence-electron chi connectivity index (χ3n) is 13.8. The van der Waals surface area contributed by atoms with Gasteiger partial charge in [-0.3, -0.25) is 4.90 Å². The maximum Gasteiger partial charge on any atom is 0.243 e. The van der Waals surface area contributed by atoms with E-state index < -0.39 is 0 Å². The van der Waals surface area contributed by atoms with Crippen molar-refractivity contribution in [1.82, 2.24) is 15.0 Å². The number of rotatable bonds is 10. The minimum atomic E-state index is -0.0171. The van der Waals surface area contributed by atoms with E-state index >= 15 is 0 Å². The van der Waals surface area contributed by atoms with Gasteiger partial charge < -0.3 is 0 Å². The number of hydrogen-bond acceptors (Lipinski definition) is 4. The molecule has 11 aromatic rings. The summed E-state index contributed by atoms with van der Waals surface area (Å²) in [5.41, 5.74) is 19.9. The zero-order chi connectivity index (χ0) is 47.9. The van der Waals surface area contributed by atoms with E-state index in [1.807, 2.05) is 18.2 Å². The molecule has 4 nitrogen and oxygen atoms in total. The van der Waals surface area contributed by atoms with Gasteiger partial charge in [0, 0.05) is 22.2 Å². The van der Waals surface area contributed by atoms with Crippen LogP contribution in [0.25, 0.3) is 66.6 Å². The fourth-order valence-electron chi connectivity index (χ4n) is 10.9. The molecule has 5 heteroatoms. The lowest BCUT2D eigenvalue weighted by molar-refractivity contribution is 1.03. The van der Waals surface area contributed by atoms with Crippen LogP contribution in [-0.4, -0.2) is 21.7 Å². The minimum absolute atomic E-state index is 0.0171. The molecule has 10 aromatic carbocycles. The summed E-state index contributed by atoms with van der Waals surface area (Å²) in [5.74, 6) is 1.71. The maximum atomic E-state index is 5.58. The Balaban J connectivity index is 1.20. The molecule has 1 aromatic heterocycles. The molecule has 0 saturated carbocycles. The molecule has 0 N–H and O–H groups in total. The molecule has 0 unspecified atom stereocenters. The van der Waals surface area contributed by atoms with E-state index in [9.17, 15) is 0 Å². The molecule has 0 spiro atoms. The molecular formula is C65H53BN4. The van der Waals surface area contributed by atoms with Crippen LogP contribution in [0.5, 0.6) is 0 Å². The summed E-state index contributed by atoms with van der Waals surface area (Å²) in [6, 6.07) is 76.1. The Kier molecular flexibility index (Phi) is 11.7. The number of fused-ring (bicyclic) bond motifs is 2. The first-order chi connectivity index (χ1) is 34.2. The summed E-state index contributed by atoms with van der Waals surface area (Å²) in [5, 5.41) is 4.54. The highest BCUT2D eigenvalue weighted by atomic mass is 15.3. The van der Waals surface area contributed by atoms with E-state index in [-0.39, 0.29) is 6.71 Å². The topological polar surface area (TPSA) is 41.9 Å². The summed E-state index contributed by atoms with van der Waals surface area (Å²) in [6.07, 6.45) is 0. The first-order valence-corrected chi connectivity index (χ1v) is 24.2. The van der Waals surface area contributed by atoms with Crippen molar-refractivity contribution >= 4 is 62.0 Å². The van der Waals surface area contributed by atoms with Crippen molar-refractivity contribution in [3.05, 3.63) is 246 Å². The average molecular weight is 901 g/mol. The second-order valence-corrected chi connectivity index (χ2v) is 18.8. The standard InChI is InChI=1S/C65H53BN4/c1-42-36-44(3)61(45(4)37-42)66(62-46(5)38-43(2)39-47(62)6)59-34-35-60(56-29-19-18-28-55(56)59)70(54-32-30-49(31-33-54)48-20-10-7-11-21-48)65-68-63(51-24-14-9-15-25-51)67-64(69-65)58-41-53-27-17-16-26-52(53)40-57(58)50-22-12-8-13-23-50/h7-41H,1-6H3. The Morgan fingerprint density at radius 2 is 0.814 bits per heavy atom. The van der Waals surface area contributed by atoms with E-state index in [2.05, 4.69) is 241 Å². The summed E-state index contributed by atoms with van der Waals surface area (Å²) < 4.78 is 0. The van der Waals surface area contributed by atoms with Gasteiger partial charge in [0.2, 0.25) is 12.7 Å². The van der Waals surface area contributed by atoms with Gasteiger partial charge in [-0.15, -0.1) is 0 Å². The van der Waals surface area contributed by atoms with Crippen LogP contribution in [0, 0.1) is 41.5 Å². The van der Waals surface area contributed by atoms with E-state index in [0.29, 0.717) is 17.6 Å². The number of aryl methyl sites for hydroxylation is 6. The number of hydrogen-bond donors (Lipinski definition) is 0. The van der Waals surface area contributed by atoms with Crippen molar-refractivity contribution in [3.63, 3.8) is 0 Å². The molecule has 1 heterocycles. The number of nitrogens with zero attached hydrogens (tertiary/aromatic N) is 4. The normalized spacial score (nSPS) is 11.3. The molecule has 0 saturated heterocycles. The Bertz CT molecular complexity index is 3620. The SMILES string of the molecule is Cc1cc(C)c(B(c2c(C)cc(C)cc2C)c2ccc(N(c3ccc(-c4ccccc4)cc3)c3nc(-c4ccccc4)nc(-c4cc5ccccc5cc4-c4ccccc4)n3)c3ccccc23)c(C)c1. The third-order valence-corrected chi connectivity index (χ3v) is 13.8. The van der Waals surface area contributed by atoms with Gasteiger partial charge in [-0.25, -0.2) is 4.98 Å². The quantitative estimate of drug-likeness (QED) is 0.128. The van der Waals surface area contributed by atoms with Gasteiger partial charge in [0.25, 0.3) is 0 Å². The van der Waals surface area contributed by atoms with Gasteiger partial charge in [-0.05, 0) is 110 Å². The second kappa shape index (κ2) is 18.6. The second-order valence-electron chi connectivity index (χ2n) is 18.8. The molecule has 0 aliphatic rings. The molecule has 0 aliphatic heterocycles. The van der Waals surface area contributed by atoms with Crippen molar-refractivity contribution in [3.8, 4) is 45.0 Å². The Labute approximate surface area is 412 Å². The summed E-state index contributed by atoms with van der Waals surface area (Å²) in [6.45, 7) is 13.5. The van der Waals surface area contributed by atoms with E-state index in [4.69, 9.17) is 15.0 Å². The highest BCUT2D eigenvalue weighted by Crippen LogP contribution is 2.41. The van der Waals surface area contributed by atoms with Crippen LogP contribution in [0.4, 0.5) is 17.3 Å². The molecule has 0 radical (unpaired) electrons. The highest BCUT2D eigenvalue weighted by molar-refractivity contribution is 6.98. The van der Waals surface area contributed by atoms with Gasteiger partial charge in [-0.1, -0.05) is 232 Å². The summed E-state index contributed by atoms with van der Waals surface area (Å²) in [7, 11) is 0.